The van der Waals surface area contributed by atoms with E-state index in [1.54, 1.807) is 19.1 Å². The van der Waals surface area contributed by atoms with Crippen LogP contribution in [0, 0.1) is 19.7 Å². The predicted octanol–water partition coefficient (Wildman–Crippen LogP) is 2.64. The van der Waals surface area contributed by atoms with Crippen molar-refractivity contribution in [3.63, 3.8) is 0 Å². The zero-order chi connectivity index (χ0) is 14.0. The number of aryl methyl sites for hydroxylation is 2. The average molecular weight is 280 g/mol. The predicted molar refractivity (Wildman–Crippen MR) is 70.9 cm³/mol. The Morgan fingerprint density at radius 1 is 1.16 bits per heavy atom. The monoisotopic (exact) mass is 280 g/mol. The van der Waals surface area contributed by atoms with Gasteiger partial charge in [0.25, 0.3) is 10.0 Å². The van der Waals surface area contributed by atoms with Gasteiger partial charge in [-0.05, 0) is 31.0 Å². The van der Waals surface area contributed by atoms with E-state index >= 15 is 0 Å². The molecule has 0 amide bonds. The maximum absolute atomic E-state index is 13.0. The van der Waals surface area contributed by atoms with Gasteiger partial charge in [0.15, 0.2) is 0 Å². The van der Waals surface area contributed by atoms with Crippen LogP contribution in [-0.4, -0.2) is 13.4 Å². The largest absolute Gasteiger partial charge is 0.278 e. The van der Waals surface area contributed by atoms with E-state index in [9.17, 15) is 12.8 Å². The van der Waals surface area contributed by atoms with Gasteiger partial charge in [0, 0.05) is 6.07 Å². The summed E-state index contributed by atoms with van der Waals surface area (Å²) in [5.74, 6) is -0.596. The molecular formula is C13H13FN2O2S. The van der Waals surface area contributed by atoms with Gasteiger partial charge in [-0.15, -0.1) is 0 Å². The number of anilines is 1. The van der Waals surface area contributed by atoms with E-state index in [2.05, 4.69) is 9.71 Å². The number of aromatic nitrogens is 1. The standard InChI is InChI=1S/C13H13FN2O2S/c1-9-3-4-10(2)13(5-9)19(17,18)16-12-6-11(14)7-15-8-12/h3-8,16H,1-2H3. The van der Waals surface area contributed by atoms with E-state index in [0.29, 0.717) is 5.56 Å². The van der Waals surface area contributed by atoms with Crippen molar-refractivity contribution in [3.05, 3.63) is 53.6 Å². The van der Waals surface area contributed by atoms with Crippen molar-refractivity contribution in [1.82, 2.24) is 4.98 Å². The number of nitrogens with one attached hydrogen (secondary N) is 1. The lowest BCUT2D eigenvalue weighted by molar-refractivity contribution is 0.600. The van der Waals surface area contributed by atoms with Gasteiger partial charge in [0.05, 0.1) is 23.0 Å². The lowest BCUT2D eigenvalue weighted by Crippen LogP contribution is -2.14. The molecule has 1 aromatic heterocycles. The third-order valence-electron chi connectivity index (χ3n) is 2.59. The number of benzene rings is 1. The van der Waals surface area contributed by atoms with Crippen molar-refractivity contribution in [2.45, 2.75) is 18.7 Å². The number of hydrogen-bond acceptors (Lipinski definition) is 3. The Bertz CT molecular complexity index is 714. The van der Waals surface area contributed by atoms with E-state index in [0.717, 1.165) is 17.8 Å². The summed E-state index contributed by atoms with van der Waals surface area (Å²) in [6, 6.07) is 6.21. The van der Waals surface area contributed by atoms with Crippen LogP contribution in [0.3, 0.4) is 0 Å². The van der Waals surface area contributed by atoms with Crippen LogP contribution in [-0.2, 0) is 10.0 Å². The molecule has 0 fully saturated rings. The third kappa shape index (κ3) is 3.08. The normalized spacial score (nSPS) is 11.3. The van der Waals surface area contributed by atoms with Gasteiger partial charge in [-0.1, -0.05) is 12.1 Å². The first kappa shape index (κ1) is 13.5. The second-order valence-electron chi connectivity index (χ2n) is 4.27. The van der Waals surface area contributed by atoms with Gasteiger partial charge in [0.1, 0.15) is 5.82 Å². The fraction of sp³-hybridized carbons (Fsp3) is 0.154. The minimum atomic E-state index is -3.74. The zero-order valence-corrected chi connectivity index (χ0v) is 11.3. The van der Waals surface area contributed by atoms with Gasteiger partial charge in [-0.25, -0.2) is 12.8 Å². The Morgan fingerprint density at radius 2 is 1.89 bits per heavy atom. The number of halogens is 1. The zero-order valence-electron chi connectivity index (χ0n) is 10.5. The van der Waals surface area contributed by atoms with Crippen molar-refractivity contribution >= 4 is 15.7 Å². The highest BCUT2D eigenvalue weighted by atomic mass is 32.2. The van der Waals surface area contributed by atoms with Gasteiger partial charge in [-0.2, -0.15) is 0 Å². The molecule has 0 bridgehead atoms. The molecule has 1 aromatic carbocycles. The molecule has 0 spiro atoms. The van der Waals surface area contributed by atoms with E-state index < -0.39 is 15.8 Å². The lowest BCUT2D eigenvalue weighted by atomic mass is 10.2. The minimum absolute atomic E-state index is 0.0981. The molecule has 19 heavy (non-hydrogen) atoms. The molecule has 0 atom stereocenters. The topological polar surface area (TPSA) is 59.1 Å². The second-order valence-corrected chi connectivity index (χ2v) is 5.92. The minimum Gasteiger partial charge on any atom is -0.278 e. The Kier molecular flexibility index (Phi) is 3.53. The highest BCUT2D eigenvalue weighted by Crippen LogP contribution is 2.20. The fourth-order valence-corrected chi connectivity index (χ4v) is 3.04. The summed E-state index contributed by atoms with van der Waals surface area (Å²) in [6.45, 7) is 3.51. The van der Waals surface area contributed by atoms with Crippen LogP contribution in [0.4, 0.5) is 10.1 Å². The summed E-state index contributed by atoms with van der Waals surface area (Å²) in [5, 5.41) is 0. The van der Waals surface area contributed by atoms with Gasteiger partial charge in [0.2, 0.25) is 0 Å². The Labute approximate surface area is 111 Å². The number of sulfonamides is 1. The number of rotatable bonds is 3. The maximum Gasteiger partial charge on any atom is 0.262 e. The molecule has 6 heteroatoms. The van der Waals surface area contributed by atoms with Crippen molar-refractivity contribution in [2.24, 2.45) is 0 Å². The maximum atomic E-state index is 13.0. The van der Waals surface area contributed by atoms with Gasteiger partial charge >= 0.3 is 0 Å². The van der Waals surface area contributed by atoms with E-state index in [1.165, 1.54) is 6.20 Å². The van der Waals surface area contributed by atoms with Gasteiger partial charge in [-0.3, -0.25) is 9.71 Å². The van der Waals surface area contributed by atoms with Crippen LogP contribution >= 0.6 is 0 Å². The number of pyridine rings is 1. The summed E-state index contributed by atoms with van der Waals surface area (Å²) in [4.78, 5) is 3.78. The highest BCUT2D eigenvalue weighted by Gasteiger charge is 2.17. The van der Waals surface area contributed by atoms with Crippen molar-refractivity contribution in [2.75, 3.05) is 4.72 Å². The highest BCUT2D eigenvalue weighted by molar-refractivity contribution is 7.92. The Hall–Kier alpha value is -1.95. The van der Waals surface area contributed by atoms with Crippen LogP contribution in [0.15, 0.2) is 41.6 Å². The van der Waals surface area contributed by atoms with Crippen LogP contribution < -0.4 is 4.72 Å². The molecule has 0 unspecified atom stereocenters. The van der Waals surface area contributed by atoms with Crippen molar-refractivity contribution in [1.29, 1.82) is 0 Å². The first-order chi connectivity index (χ1) is 8.88. The molecule has 1 N–H and O–H groups in total. The molecule has 0 saturated carbocycles. The van der Waals surface area contributed by atoms with E-state index in [-0.39, 0.29) is 10.6 Å². The Morgan fingerprint density at radius 3 is 2.58 bits per heavy atom. The molecular weight excluding hydrogens is 267 g/mol. The number of hydrogen-bond donors (Lipinski definition) is 1. The second kappa shape index (κ2) is 4.97. The molecule has 1 heterocycles. The molecule has 100 valence electrons. The quantitative estimate of drug-likeness (QED) is 0.940. The molecule has 0 aliphatic carbocycles. The van der Waals surface area contributed by atoms with Crippen LogP contribution in [0.2, 0.25) is 0 Å². The molecule has 4 nitrogen and oxygen atoms in total. The first-order valence-electron chi connectivity index (χ1n) is 5.59. The summed E-state index contributed by atoms with van der Waals surface area (Å²) in [7, 11) is -3.74. The molecule has 2 aromatic rings. The van der Waals surface area contributed by atoms with Crippen molar-refractivity contribution < 1.29 is 12.8 Å². The van der Waals surface area contributed by atoms with Crippen LogP contribution in [0.1, 0.15) is 11.1 Å². The SMILES string of the molecule is Cc1ccc(C)c(S(=O)(=O)Nc2cncc(F)c2)c1. The number of nitrogens with zero attached hydrogens (tertiary/aromatic N) is 1. The van der Waals surface area contributed by atoms with E-state index in [1.807, 2.05) is 13.0 Å². The fourth-order valence-electron chi connectivity index (χ4n) is 1.67. The first-order valence-corrected chi connectivity index (χ1v) is 7.07. The summed E-state index contributed by atoms with van der Waals surface area (Å²) >= 11 is 0. The summed E-state index contributed by atoms with van der Waals surface area (Å²) in [6.07, 6.45) is 2.27. The molecule has 2 rings (SSSR count). The molecule has 0 radical (unpaired) electrons. The molecule has 0 saturated heterocycles. The molecule has 0 aliphatic rings. The van der Waals surface area contributed by atoms with Crippen LogP contribution in [0.25, 0.3) is 0 Å². The third-order valence-corrected chi connectivity index (χ3v) is 4.11. The summed E-state index contributed by atoms with van der Waals surface area (Å²) < 4.78 is 39.8. The van der Waals surface area contributed by atoms with Crippen LogP contribution in [0.5, 0.6) is 0 Å². The smallest absolute Gasteiger partial charge is 0.262 e. The van der Waals surface area contributed by atoms with Crippen molar-refractivity contribution in [3.8, 4) is 0 Å². The lowest BCUT2D eigenvalue weighted by Gasteiger charge is -2.10. The van der Waals surface area contributed by atoms with Gasteiger partial charge < -0.3 is 0 Å². The van der Waals surface area contributed by atoms with E-state index in [4.69, 9.17) is 0 Å². The summed E-state index contributed by atoms with van der Waals surface area (Å²) in [5.41, 5.74) is 1.56. The molecule has 0 aliphatic heterocycles. The average Bonchev–Trinajstić information content (AvgIpc) is 2.31. The Balaban J connectivity index is 2.40.